The third-order valence-corrected chi connectivity index (χ3v) is 3.19. The SMILES string of the molecule is C=CCn1nc2c(c1C=O)CN(C(=O)O)C(C)C2. The van der Waals surface area contributed by atoms with Crippen molar-refractivity contribution in [1.82, 2.24) is 14.7 Å². The minimum atomic E-state index is -0.971. The number of hydrogen-bond acceptors (Lipinski definition) is 3. The van der Waals surface area contributed by atoms with E-state index in [-0.39, 0.29) is 12.6 Å². The zero-order valence-corrected chi connectivity index (χ0v) is 10.2. The number of fused-ring (bicyclic) bond motifs is 1. The van der Waals surface area contributed by atoms with Crippen molar-refractivity contribution >= 4 is 12.4 Å². The second-order valence-corrected chi connectivity index (χ2v) is 4.36. The highest BCUT2D eigenvalue weighted by molar-refractivity contribution is 5.76. The van der Waals surface area contributed by atoms with Crippen LogP contribution in [-0.4, -0.2) is 38.2 Å². The Morgan fingerprint density at radius 3 is 2.94 bits per heavy atom. The van der Waals surface area contributed by atoms with Gasteiger partial charge >= 0.3 is 6.09 Å². The smallest absolute Gasteiger partial charge is 0.407 e. The molecule has 0 bridgehead atoms. The maximum Gasteiger partial charge on any atom is 0.407 e. The molecule has 2 rings (SSSR count). The maximum absolute atomic E-state index is 11.1. The van der Waals surface area contributed by atoms with Crippen molar-refractivity contribution in [3.63, 3.8) is 0 Å². The summed E-state index contributed by atoms with van der Waals surface area (Å²) >= 11 is 0. The number of allylic oxidation sites excluding steroid dienone is 1. The van der Waals surface area contributed by atoms with Gasteiger partial charge in [-0.25, -0.2) is 4.79 Å². The van der Waals surface area contributed by atoms with Crippen LogP contribution in [0.4, 0.5) is 4.79 Å². The summed E-state index contributed by atoms with van der Waals surface area (Å²) in [6, 6.07) is -0.124. The van der Waals surface area contributed by atoms with E-state index in [1.54, 1.807) is 10.8 Å². The van der Waals surface area contributed by atoms with Gasteiger partial charge in [-0.05, 0) is 6.92 Å². The van der Waals surface area contributed by atoms with Gasteiger partial charge in [0.25, 0.3) is 0 Å². The normalized spacial score (nSPS) is 18.3. The van der Waals surface area contributed by atoms with Crippen LogP contribution in [0.25, 0.3) is 0 Å². The third-order valence-electron chi connectivity index (χ3n) is 3.19. The van der Waals surface area contributed by atoms with Crippen molar-refractivity contribution in [2.75, 3.05) is 0 Å². The van der Waals surface area contributed by atoms with Crippen LogP contribution in [0.3, 0.4) is 0 Å². The molecule has 0 fully saturated rings. The second-order valence-electron chi connectivity index (χ2n) is 4.36. The largest absolute Gasteiger partial charge is 0.465 e. The van der Waals surface area contributed by atoms with E-state index >= 15 is 0 Å². The van der Waals surface area contributed by atoms with Gasteiger partial charge in [-0.3, -0.25) is 9.48 Å². The molecule has 1 N–H and O–H groups in total. The van der Waals surface area contributed by atoms with Gasteiger partial charge in [0.2, 0.25) is 0 Å². The molecular formula is C12H15N3O3. The van der Waals surface area contributed by atoms with Crippen LogP contribution in [-0.2, 0) is 19.5 Å². The fourth-order valence-corrected chi connectivity index (χ4v) is 2.27. The molecule has 0 saturated carbocycles. The highest BCUT2D eigenvalue weighted by Crippen LogP contribution is 2.25. The molecule has 96 valence electrons. The fourth-order valence-electron chi connectivity index (χ4n) is 2.27. The summed E-state index contributed by atoms with van der Waals surface area (Å²) in [7, 11) is 0. The van der Waals surface area contributed by atoms with Gasteiger partial charge in [-0.2, -0.15) is 5.10 Å². The van der Waals surface area contributed by atoms with Crippen LogP contribution in [0.1, 0.15) is 28.7 Å². The van der Waals surface area contributed by atoms with Crippen molar-refractivity contribution in [3.8, 4) is 0 Å². The zero-order valence-electron chi connectivity index (χ0n) is 10.2. The molecule has 0 aliphatic carbocycles. The van der Waals surface area contributed by atoms with Crippen molar-refractivity contribution in [3.05, 3.63) is 29.6 Å². The second kappa shape index (κ2) is 4.64. The zero-order chi connectivity index (χ0) is 13.3. The first-order chi connectivity index (χ1) is 8.58. The first kappa shape index (κ1) is 12.3. The van der Waals surface area contributed by atoms with Gasteiger partial charge in [-0.1, -0.05) is 6.08 Å². The fraction of sp³-hybridized carbons (Fsp3) is 0.417. The molecule has 0 aromatic carbocycles. The quantitative estimate of drug-likeness (QED) is 0.647. The molecule has 1 unspecified atom stereocenters. The number of aldehydes is 1. The lowest BCUT2D eigenvalue weighted by Crippen LogP contribution is -2.41. The molecule has 6 nitrogen and oxygen atoms in total. The van der Waals surface area contributed by atoms with Gasteiger partial charge in [0.1, 0.15) is 5.69 Å². The predicted molar refractivity (Wildman–Crippen MR) is 64.5 cm³/mol. The Morgan fingerprint density at radius 2 is 2.39 bits per heavy atom. The van der Waals surface area contributed by atoms with E-state index in [4.69, 9.17) is 5.11 Å². The Balaban J connectivity index is 2.43. The van der Waals surface area contributed by atoms with Gasteiger partial charge in [-0.15, -0.1) is 6.58 Å². The number of amides is 1. The summed E-state index contributed by atoms with van der Waals surface area (Å²) < 4.78 is 1.57. The molecule has 1 aliphatic heterocycles. The third kappa shape index (κ3) is 1.90. The summed E-state index contributed by atoms with van der Waals surface area (Å²) in [5, 5.41) is 13.5. The Hall–Kier alpha value is -2.11. The molecule has 0 radical (unpaired) electrons. The molecule has 1 aliphatic rings. The number of carbonyl (C=O) groups excluding carboxylic acids is 1. The van der Waals surface area contributed by atoms with Crippen LogP contribution in [0.15, 0.2) is 12.7 Å². The highest BCUT2D eigenvalue weighted by atomic mass is 16.4. The Morgan fingerprint density at radius 1 is 1.67 bits per heavy atom. The standard InChI is InChI=1S/C12H15N3O3/c1-3-4-15-11(7-16)9-6-14(12(17)18)8(2)5-10(9)13-15/h3,7-8H,1,4-6H2,2H3,(H,17,18). The number of aromatic nitrogens is 2. The lowest BCUT2D eigenvalue weighted by molar-refractivity contribution is 0.109. The number of carbonyl (C=O) groups is 2. The van der Waals surface area contributed by atoms with Crippen molar-refractivity contribution < 1.29 is 14.7 Å². The Bertz CT molecular complexity index is 507. The van der Waals surface area contributed by atoms with E-state index in [1.807, 2.05) is 6.92 Å². The summed E-state index contributed by atoms with van der Waals surface area (Å²) in [5.41, 5.74) is 1.97. The average Bonchev–Trinajstić information content (AvgIpc) is 2.64. The van der Waals surface area contributed by atoms with E-state index in [9.17, 15) is 9.59 Å². The molecule has 0 spiro atoms. The number of hydrogen-bond donors (Lipinski definition) is 1. The molecule has 6 heteroatoms. The summed E-state index contributed by atoms with van der Waals surface area (Å²) in [5.74, 6) is 0. The minimum Gasteiger partial charge on any atom is -0.465 e. The minimum absolute atomic E-state index is 0.124. The van der Waals surface area contributed by atoms with Gasteiger partial charge < -0.3 is 10.0 Å². The summed E-state index contributed by atoms with van der Waals surface area (Å²) in [6.07, 6.45) is 1.95. The van der Waals surface area contributed by atoms with Crippen molar-refractivity contribution in [2.45, 2.75) is 32.5 Å². The molecule has 0 saturated heterocycles. The van der Waals surface area contributed by atoms with Gasteiger partial charge in [0.05, 0.1) is 18.8 Å². The molecule has 1 atom stereocenters. The molecule has 1 aromatic heterocycles. The number of nitrogens with zero attached hydrogens (tertiary/aromatic N) is 3. The topological polar surface area (TPSA) is 75.4 Å². The number of rotatable bonds is 3. The van der Waals surface area contributed by atoms with Crippen LogP contribution in [0, 0.1) is 0 Å². The van der Waals surface area contributed by atoms with Crippen LogP contribution in [0.2, 0.25) is 0 Å². The van der Waals surface area contributed by atoms with Gasteiger partial charge in [0, 0.05) is 18.0 Å². The molecule has 1 amide bonds. The lowest BCUT2D eigenvalue weighted by atomic mass is 10.0. The summed E-state index contributed by atoms with van der Waals surface area (Å²) in [6.45, 7) is 6.12. The highest BCUT2D eigenvalue weighted by Gasteiger charge is 2.31. The predicted octanol–water partition coefficient (Wildman–Crippen LogP) is 1.31. The maximum atomic E-state index is 11.1. The Labute approximate surface area is 105 Å². The first-order valence-corrected chi connectivity index (χ1v) is 5.72. The van der Waals surface area contributed by atoms with E-state index in [0.717, 1.165) is 12.0 Å². The van der Waals surface area contributed by atoms with Crippen molar-refractivity contribution in [1.29, 1.82) is 0 Å². The molecule has 18 heavy (non-hydrogen) atoms. The van der Waals surface area contributed by atoms with E-state index in [0.29, 0.717) is 24.2 Å². The van der Waals surface area contributed by atoms with Crippen molar-refractivity contribution in [2.24, 2.45) is 0 Å². The lowest BCUT2D eigenvalue weighted by Gasteiger charge is -2.30. The van der Waals surface area contributed by atoms with Crippen LogP contribution < -0.4 is 0 Å². The molecule has 2 heterocycles. The van der Waals surface area contributed by atoms with E-state index in [1.165, 1.54) is 4.90 Å². The summed E-state index contributed by atoms with van der Waals surface area (Å²) in [4.78, 5) is 23.6. The molecular weight excluding hydrogens is 234 g/mol. The Kier molecular flexibility index (Phi) is 3.18. The van der Waals surface area contributed by atoms with E-state index in [2.05, 4.69) is 11.7 Å². The monoisotopic (exact) mass is 249 g/mol. The molecule has 1 aromatic rings. The first-order valence-electron chi connectivity index (χ1n) is 5.72. The van der Waals surface area contributed by atoms with Gasteiger partial charge in [0.15, 0.2) is 6.29 Å². The average molecular weight is 249 g/mol. The van der Waals surface area contributed by atoms with E-state index < -0.39 is 6.09 Å². The van der Waals surface area contributed by atoms with Crippen LogP contribution in [0.5, 0.6) is 0 Å². The number of carboxylic acid groups (broad SMARTS) is 1. The van der Waals surface area contributed by atoms with Crippen LogP contribution >= 0.6 is 0 Å².